The van der Waals surface area contributed by atoms with E-state index in [0.29, 0.717) is 22.6 Å². The number of carbonyl (C=O) groups excluding carboxylic acids is 1. The molecule has 0 bridgehead atoms. The van der Waals surface area contributed by atoms with E-state index in [1.54, 1.807) is 18.2 Å². The molecule has 0 aromatic heterocycles. The molecule has 6 heteroatoms. The van der Waals surface area contributed by atoms with E-state index in [1.807, 2.05) is 12.1 Å². The average molecular weight is 482 g/mol. The molecule has 0 aliphatic rings. The van der Waals surface area contributed by atoms with Crippen LogP contribution in [0.15, 0.2) is 34.8 Å². The van der Waals surface area contributed by atoms with Crippen LogP contribution in [0, 0.1) is 3.57 Å². The van der Waals surface area contributed by atoms with E-state index in [9.17, 15) is 4.79 Å². The third-order valence-corrected chi connectivity index (χ3v) is 4.70. The van der Waals surface area contributed by atoms with Gasteiger partial charge in [-0.25, -0.2) is 0 Å². The summed E-state index contributed by atoms with van der Waals surface area (Å²) in [6.07, 6.45) is 0. The molecule has 0 N–H and O–H groups in total. The Morgan fingerprint density at radius 3 is 2.48 bits per heavy atom. The molecule has 2 rings (SSSR count). The number of ketones is 1. The Hall–Kier alpha value is -0.790. The summed E-state index contributed by atoms with van der Waals surface area (Å²) in [7, 11) is 2.99. The molecule has 0 saturated heterocycles. The number of methoxy groups -OCH3 is 2. The van der Waals surface area contributed by atoms with Gasteiger partial charge in [0.15, 0.2) is 11.5 Å². The maximum absolute atomic E-state index is 12.7. The Bertz CT molecular complexity index is 704. The second-order valence-electron chi connectivity index (χ2n) is 4.12. The molecular formula is C15H11BrClIO3. The first-order chi connectivity index (χ1) is 9.99. The summed E-state index contributed by atoms with van der Waals surface area (Å²) in [5, 5.41) is 0.288. The second-order valence-corrected chi connectivity index (χ2v) is 6.57. The zero-order valence-electron chi connectivity index (χ0n) is 11.2. The molecule has 0 radical (unpaired) electrons. The molecular weight excluding hydrogens is 470 g/mol. The van der Waals surface area contributed by atoms with Crippen molar-refractivity contribution < 1.29 is 14.3 Å². The monoisotopic (exact) mass is 480 g/mol. The van der Waals surface area contributed by atoms with Crippen molar-refractivity contribution in [3.05, 3.63) is 54.5 Å². The summed E-state index contributed by atoms with van der Waals surface area (Å²) < 4.78 is 12.1. The molecule has 0 aliphatic heterocycles. The van der Waals surface area contributed by atoms with Gasteiger partial charge in [0.1, 0.15) is 10.8 Å². The Labute approximate surface area is 149 Å². The van der Waals surface area contributed by atoms with Crippen molar-refractivity contribution in [3.8, 4) is 11.5 Å². The quantitative estimate of drug-likeness (QED) is 0.458. The molecule has 110 valence electrons. The first kappa shape index (κ1) is 16.6. The largest absolute Gasteiger partial charge is 0.495 e. The van der Waals surface area contributed by atoms with Crippen molar-refractivity contribution in [2.45, 2.75) is 0 Å². The van der Waals surface area contributed by atoms with Gasteiger partial charge in [-0.05, 0) is 52.9 Å². The van der Waals surface area contributed by atoms with Crippen LogP contribution in [0.5, 0.6) is 11.5 Å². The highest BCUT2D eigenvalue weighted by atomic mass is 127. The third kappa shape index (κ3) is 3.35. The van der Waals surface area contributed by atoms with E-state index < -0.39 is 0 Å². The standard InChI is InChI=1S/C15H11BrClIO3/c1-20-12-6-4-9(15(21-2)13(12)17)14(19)10-7-8(16)3-5-11(10)18/h3-7H,1-2H3. The van der Waals surface area contributed by atoms with Crippen LogP contribution >= 0.6 is 50.1 Å². The summed E-state index contributed by atoms with van der Waals surface area (Å²) in [6, 6.07) is 8.85. The minimum atomic E-state index is -0.151. The number of hydrogen-bond acceptors (Lipinski definition) is 3. The summed E-state index contributed by atoms with van der Waals surface area (Å²) in [5.41, 5.74) is 0.990. The second kappa shape index (κ2) is 6.98. The average Bonchev–Trinajstić information content (AvgIpc) is 2.48. The fourth-order valence-corrected chi connectivity index (χ4v) is 3.15. The van der Waals surface area contributed by atoms with Gasteiger partial charge in [0.05, 0.1) is 19.8 Å². The lowest BCUT2D eigenvalue weighted by atomic mass is 10.0. The molecule has 2 aromatic carbocycles. The smallest absolute Gasteiger partial charge is 0.197 e. The van der Waals surface area contributed by atoms with Gasteiger partial charge in [-0.15, -0.1) is 0 Å². The Balaban J connectivity index is 2.58. The maximum atomic E-state index is 12.7. The number of halogens is 3. The van der Waals surface area contributed by atoms with E-state index in [2.05, 4.69) is 38.5 Å². The number of carbonyl (C=O) groups is 1. The normalized spacial score (nSPS) is 10.3. The third-order valence-electron chi connectivity index (χ3n) is 2.90. The van der Waals surface area contributed by atoms with Gasteiger partial charge in [-0.3, -0.25) is 4.79 Å². The van der Waals surface area contributed by atoms with Crippen molar-refractivity contribution in [1.29, 1.82) is 0 Å². The lowest BCUT2D eigenvalue weighted by Crippen LogP contribution is -2.07. The predicted molar refractivity (Wildman–Crippen MR) is 94.8 cm³/mol. The molecule has 0 fully saturated rings. The van der Waals surface area contributed by atoms with Crippen LogP contribution in [-0.2, 0) is 0 Å². The van der Waals surface area contributed by atoms with Crippen molar-refractivity contribution in [2.24, 2.45) is 0 Å². The van der Waals surface area contributed by atoms with E-state index in [-0.39, 0.29) is 10.8 Å². The number of benzene rings is 2. The lowest BCUT2D eigenvalue weighted by Gasteiger charge is -2.13. The van der Waals surface area contributed by atoms with Gasteiger partial charge in [-0.1, -0.05) is 27.5 Å². The molecule has 0 aliphatic carbocycles. The number of ether oxygens (including phenoxy) is 2. The molecule has 0 amide bonds. The minimum Gasteiger partial charge on any atom is -0.495 e. The van der Waals surface area contributed by atoms with Crippen molar-refractivity contribution >= 4 is 55.9 Å². The number of hydrogen-bond donors (Lipinski definition) is 0. The molecule has 0 spiro atoms. The van der Waals surface area contributed by atoms with Crippen LogP contribution in [0.1, 0.15) is 15.9 Å². The van der Waals surface area contributed by atoms with Crippen LogP contribution in [0.2, 0.25) is 5.02 Å². The Morgan fingerprint density at radius 1 is 1.14 bits per heavy atom. The van der Waals surface area contributed by atoms with Gasteiger partial charge in [0.25, 0.3) is 0 Å². The van der Waals surface area contributed by atoms with E-state index in [4.69, 9.17) is 21.1 Å². The van der Waals surface area contributed by atoms with Crippen LogP contribution in [0.25, 0.3) is 0 Å². The highest BCUT2D eigenvalue weighted by molar-refractivity contribution is 14.1. The molecule has 21 heavy (non-hydrogen) atoms. The van der Waals surface area contributed by atoms with Crippen LogP contribution in [-0.4, -0.2) is 20.0 Å². The van der Waals surface area contributed by atoms with Gasteiger partial charge >= 0.3 is 0 Å². The molecule has 0 unspecified atom stereocenters. The summed E-state index contributed by atoms with van der Waals surface area (Å²) in [6.45, 7) is 0. The van der Waals surface area contributed by atoms with E-state index >= 15 is 0 Å². The van der Waals surface area contributed by atoms with Crippen molar-refractivity contribution in [2.75, 3.05) is 14.2 Å². The van der Waals surface area contributed by atoms with Crippen LogP contribution < -0.4 is 9.47 Å². The topological polar surface area (TPSA) is 35.5 Å². The van der Waals surface area contributed by atoms with E-state index in [1.165, 1.54) is 14.2 Å². The molecule has 2 aromatic rings. The van der Waals surface area contributed by atoms with Gasteiger partial charge in [0, 0.05) is 13.6 Å². The van der Waals surface area contributed by atoms with Crippen molar-refractivity contribution in [1.82, 2.24) is 0 Å². The maximum Gasteiger partial charge on any atom is 0.197 e. The van der Waals surface area contributed by atoms with Gasteiger partial charge < -0.3 is 9.47 Å². The van der Waals surface area contributed by atoms with Gasteiger partial charge in [0.2, 0.25) is 0 Å². The van der Waals surface area contributed by atoms with Gasteiger partial charge in [-0.2, -0.15) is 0 Å². The Morgan fingerprint density at radius 2 is 1.86 bits per heavy atom. The fourth-order valence-electron chi connectivity index (χ4n) is 1.89. The fraction of sp³-hybridized carbons (Fsp3) is 0.133. The number of rotatable bonds is 4. The first-order valence-corrected chi connectivity index (χ1v) is 8.14. The summed E-state index contributed by atoms with van der Waals surface area (Å²) >= 11 is 11.7. The molecule has 0 saturated carbocycles. The SMILES string of the molecule is COc1ccc(C(=O)c2cc(Br)ccc2I)c(OC)c1Cl. The lowest BCUT2D eigenvalue weighted by molar-refractivity contribution is 0.103. The minimum absolute atomic E-state index is 0.151. The zero-order valence-corrected chi connectivity index (χ0v) is 15.7. The van der Waals surface area contributed by atoms with E-state index in [0.717, 1.165) is 8.04 Å². The summed E-state index contributed by atoms with van der Waals surface area (Å²) in [4.78, 5) is 12.7. The summed E-state index contributed by atoms with van der Waals surface area (Å²) in [5.74, 6) is 0.632. The van der Waals surface area contributed by atoms with Crippen molar-refractivity contribution in [3.63, 3.8) is 0 Å². The first-order valence-electron chi connectivity index (χ1n) is 5.89. The molecule has 0 atom stereocenters. The predicted octanol–water partition coefficient (Wildman–Crippen LogP) is 4.96. The van der Waals surface area contributed by atoms with Crippen LogP contribution in [0.4, 0.5) is 0 Å². The highest BCUT2D eigenvalue weighted by Crippen LogP contribution is 2.38. The van der Waals surface area contributed by atoms with Crippen LogP contribution in [0.3, 0.4) is 0 Å². The molecule has 0 heterocycles. The molecule has 3 nitrogen and oxygen atoms in total. The highest BCUT2D eigenvalue weighted by Gasteiger charge is 2.21. The Kier molecular flexibility index (Phi) is 5.51. The zero-order chi connectivity index (χ0) is 15.6.